The zero-order valence-corrected chi connectivity index (χ0v) is 11.5. The number of amides is 1. The van der Waals surface area contributed by atoms with Gasteiger partial charge >= 0.3 is 5.97 Å². The van der Waals surface area contributed by atoms with Gasteiger partial charge in [-0.1, -0.05) is 13.3 Å². The SMILES string of the molecule is CC1CCCC1C(=O)N1Cc2[nH]cnc2CC1C(=O)O. The fraction of sp³-hybridized carbons (Fsp3) is 0.643. The van der Waals surface area contributed by atoms with Gasteiger partial charge in [0.2, 0.25) is 5.91 Å². The summed E-state index contributed by atoms with van der Waals surface area (Å²) < 4.78 is 0. The molecule has 0 bridgehead atoms. The Kier molecular flexibility index (Phi) is 3.23. The topological polar surface area (TPSA) is 86.3 Å². The van der Waals surface area contributed by atoms with Crippen molar-refractivity contribution < 1.29 is 14.7 Å². The lowest BCUT2D eigenvalue weighted by Crippen LogP contribution is -2.51. The summed E-state index contributed by atoms with van der Waals surface area (Å²) in [6.07, 6.45) is 4.84. The van der Waals surface area contributed by atoms with Crippen molar-refractivity contribution in [2.45, 2.75) is 45.2 Å². The quantitative estimate of drug-likeness (QED) is 0.850. The van der Waals surface area contributed by atoms with Gasteiger partial charge in [-0.25, -0.2) is 9.78 Å². The largest absolute Gasteiger partial charge is 0.480 e. The second-order valence-electron chi connectivity index (χ2n) is 5.87. The van der Waals surface area contributed by atoms with E-state index in [1.54, 1.807) is 6.33 Å². The molecule has 3 unspecified atom stereocenters. The van der Waals surface area contributed by atoms with Gasteiger partial charge in [0.15, 0.2) is 0 Å². The molecule has 1 aliphatic carbocycles. The fourth-order valence-electron chi connectivity index (χ4n) is 3.41. The number of nitrogens with one attached hydrogen (secondary N) is 1. The summed E-state index contributed by atoms with van der Waals surface area (Å²) in [7, 11) is 0. The first-order chi connectivity index (χ1) is 9.58. The van der Waals surface area contributed by atoms with Gasteiger partial charge in [-0.3, -0.25) is 4.79 Å². The van der Waals surface area contributed by atoms with Crippen LogP contribution in [0.3, 0.4) is 0 Å². The van der Waals surface area contributed by atoms with E-state index in [1.807, 2.05) is 0 Å². The highest BCUT2D eigenvalue weighted by molar-refractivity contribution is 5.86. The van der Waals surface area contributed by atoms with Gasteiger partial charge in [-0.05, 0) is 18.8 Å². The predicted molar refractivity (Wildman–Crippen MR) is 70.8 cm³/mol. The van der Waals surface area contributed by atoms with Crippen molar-refractivity contribution in [3.8, 4) is 0 Å². The molecule has 1 aromatic rings. The monoisotopic (exact) mass is 277 g/mol. The van der Waals surface area contributed by atoms with Gasteiger partial charge in [0.05, 0.1) is 24.3 Å². The van der Waals surface area contributed by atoms with Crippen LogP contribution in [-0.4, -0.2) is 37.9 Å². The van der Waals surface area contributed by atoms with Gasteiger partial charge in [-0.15, -0.1) is 0 Å². The van der Waals surface area contributed by atoms with E-state index in [9.17, 15) is 14.7 Å². The third kappa shape index (κ3) is 2.09. The Labute approximate surface area is 117 Å². The van der Waals surface area contributed by atoms with Gasteiger partial charge in [0, 0.05) is 12.3 Å². The van der Waals surface area contributed by atoms with E-state index in [1.165, 1.54) is 4.90 Å². The van der Waals surface area contributed by atoms with E-state index in [0.29, 0.717) is 18.9 Å². The lowest BCUT2D eigenvalue weighted by atomic mass is 9.93. The summed E-state index contributed by atoms with van der Waals surface area (Å²) in [6, 6.07) is -0.786. The van der Waals surface area contributed by atoms with Crippen LogP contribution in [0.1, 0.15) is 37.6 Å². The number of aromatic nitrogens is 2. The van der Waals surface area contributed by atoms with Gasteiger partial charge < -0.3 is 15.0 Å². The molecule has 0 aromatic carbocycles. The number of aliphatic carboxylic acids is 1. The minimum absolute atomic E-state index is 0.0114. The second-order valence-corrected chi connectivity index (χ2v) is 5.87. The number of carbonyl (C=O) groups excluding carboxylic acids is 1. The highest BCUT2D eigenvalue weighted by atomic mass is 16.4. The molecule has 2 aliphatic rings. The number of carboxylic acid groups (broad SMARTS) is 1. The van der Waals surface area contributed by atoms with Crippen molar-refractivity contribution in [1.29, 1.82) is 0 Å². The van der Waals surface area contributed by atoms with Crippen molar-refractivity contribution in [3.63, 3.8) is 0 Å². The molecule has 0 saturated heterocycles. The minimum atomic E-state index is -0.947. The van der Waals surface area contributed by atoms with Crippen LogP contribution in [0.4, 0.5) is 0 Å². The number of H-pyrrole nitrogens is 1. The molecule has 2 N–H and O–H groups in total. The van der Waals surface area contributed by atoms with E-state index in [2.05, 4.69) is 16.9 Å². The number of aromatic amines is 1. The Bertz CT molecular complexity index is 540. The predicted octanol–water partition coefficient (Wildman–Crippen LogP) is 1.18. The van der Waals surface area contributed by atoms with Crippen molar-refractivity contribution >= 4 is 11.9 Å². The van der Waals surface area contributed by atoms with Crippen molar-refractivity contribution in [3.05, 3.63) is 17.7 Å². The van der Waals surface area contributed by atoms with E-state index in [0.717, 1.165) is 30.7 Å². The molecule has 6 nitrogen and oxygen atoms in total. The van der Waals surface area contributed by atoms with E-state index in [4.69, 9.17) is 0 Å². The average molecular weight is 277 g/mol. The van der Waals surface area contributed by atoms with Crippen LogP contribution in [0, 0.1) is 11.8 Å². The Balaban J connectivity index is 1.86. The van der Waals surface area contributed by atoms with E-state index >= 15 is 0 Å². The summed E-state index contributed by atoms with van der Waals surface area (Å²) in [4.78, 5) is 32.8. The number of hydrogen-bond donors (Lipinski definition) is 2. The Morgan fingerprint density at radius 3 is 2.90 bits per heavy atom. The van der Waals surface area contributed by atoms with Crippen LogP contribution < -0.4 is 0 Å². The number of carbonyl (C=O) groups is 2. The molecule has 1 saturated carbocycles. The zero-order valence-electron chi connectivity index (χ0n) is 11.5. The second kappa shape index (κ2) is 4.92. The Morgan fingerprint density at radius 1 is 1.45 bits per heavy atom. The molecule has 20 heavy (non-hydrogen) atoms. The van der Waals surface area contributed by atoms with Crippen molar-refractivity contribution in [1.82, 2.24) is 14.9 Å². The lowest BCUT2D eigenvalue weighted by molar-refractivity contribution is -0.154. The fourth-order valence-corrected chi connectivity index (χ4v) is 3.41. The maximum Gasteiger partial charge on any atom is 0.326 e. The molecule has 1 amide bonds. The number of rotatable bonds is 2. The number of carboxylic acids is 1. The first kappa shape index (κ1) is 13.1. The first-order valence-electron chi connectivity index (χ1n) is 7.12. The Hall–Kier alpha value is -1.85. The molecule has 0 radical (unpaired) electrons. The van der Waals surface area contributed by atoms with Crippen LogP contribution in [0.5, 0.6) is 0 Å². The zero-order chi connectivity index (χ0) is 14.3. The van der Waals surface area contributed by atoms with E-state index in [-0.39, 0.29) is 11.8 Å². The molecule has 108 valence electrons. The molecular weight excluding hydrogens is 258 g/mol. The standard InChI is InChI=1S/C14H19N3O3/c1-8-3-2-4-9(8)13(18)17-6-11-10(15-7-16-11)5-12(17)14(19)20/h7-9,12H,2-6H2,1H3,(H,15,16)(H,19,20). The molecular formula is C14H19N3O3. The highest BCUT2D eigenvalue weighted by Crippen LogP contribution is 2.34. The Morgan fingerprint density at radius 2 is 2.25 bits per heavy atom. The summed E-state index contributed by atoms with van der Waals surface area (Å²) in [5.74, 6) is -0.637. The third-order valence-corrected chi connectivity index (χ3v) is 4.65. The number of imidazole rings is 1. The number of hydrogen-bond acceptors (Lipinski definition) is 3. The maximum atomic E-state index is 12.7. The van der Waals surface area contributed by atoms with Crippen LogP contribution in [-0.2, 0) is 22.6 Å². The molecule has 0 spiro atoms. The van der Waals surface area contributed by atoms with Crippen LogP contribution in [0.2, 0.25) is 0 Å². The third-order valence-electron chi connectivity index (χ3n) is 4.65. The van der Waals surface area contributed by atoms with Crippen molar-refractivity contribution in [2.75, 3.05) is 0 Å². The summed E-state index contributed by atoms with van der Waals surface area (Å²) >= 11 is 0. The summed E-state index contributed by atoms with van der Waals surface area (Å²) in [6.45, 7) is 2.41. The number of nitrogens with zero attached hydrogens (tertiary/aromatic N) is 2. The smallest absolute Gasteiger partial charge is 0.326 e. The molecule has 1 fully saturated rings. The van der Waals surface area contributed by atoms with Crippen LogP contribution in [0.25, 0.3) is 0 Å². The van der Waals surface area contributed by atoms with Gasteiger partial charge in [0.1, 0.15) is 6.04 Å². The maximum absolute atomic E-state index is 12.7. The minimum Gasteiger partial charge on any atom is -0.480 e. The molecule has 3 rings (SSSR count). The average Bonchev–Trinajstić information content (AvgIpc) is 3.04. The van der Waals surface area contributed by atoms with Gasteiger partial charge in [-0.2, -0.15) is 0 Å². The lowest BCUT2D eigenvalue weighted by Gasteiger charge is -2.35. The van der Waals surface area contributed by atoms with Gasteiger partial charge in [0.25, 0.3) is 0 Å². The highest BCUT2D eigenvalue weighted by Gasteiger charge is 2.40. The summed E-state index contributed by atoms with van der Waals surface area (Å²) in [5, 5.41) is 9.40. The summed E-state index contributed by atoms with van der Waals surface area (Å²) in [5.41, 5.74) is 1.63. The molecule has 3 atom stereocenters. The molecule has 1 aliphatic heterocycles. The first-order valence-corrected chi connectivity index (χ1v) is 7.12. The van der Waals surface area contributed by atoms with Crippen molar-refractivity contribution in [2.24, 2.45) is 11.8 Å². The number of fused-ring (bicyclic) bond motifs is 1. The van der Waals surface area contributed by atoms with Crippen LogP contribution in [0.15, 0.2) is 6.33 Å². The molecule has 6 heteroatoms. The molecule has 2 heterocycles. The van der Waals surface area contributed by atoms with E-state index < -0.39 is 12.0 Å². The molecule has 1 aromatic heterocycles. The van der Waals surface area contributed by atoms with Crippen LogP contribution >= 0.6 is 0 Å². The normalized spacial score (nSPS) is 29.2.